The first-order valence-corrected chi connectivity index (χ1v) is 26.7. The molecule has 4 aromatic rings. The van der Waals surface area contributed by atoms with E-state index in [2.05, 4.69) is 98.1 Å². The van der Waals surface area contributed by atoms with Gasteiger partial charge in [-0.15, -0.1) is 0 Å². The number of carbonyl (C=O) groups excluding carboxylic acids is 3. The third-order valence-corrected chi connectivity index (χ3v) is 14.9. The third-order valence-electron chi connectivity index (χ3n) is 14.9. The van der Waals surface area contributed by atoms with Gasteiger partial charge in [0, 0.05) is 78.9 Å². The summed E-state index contributed by atoms with van der Waals surface area (Å²) in [7, 11) is 3.54. The number of amides is 3. The molecule has 4 heterocycles. The van der Waals surface area contributed by atoms with Gasteiger partial charge in [0.1, 0.15) is 11.2 Å². The fourth-order valence-corrected chi connectivity index (χ4v) is 11.3. The van der Waals surface area contributed by atoms with Crippen LogP contribution in [0.1, 0.15) is 166 Å². The molecule has 2 saturated carbocycles. The van der Waals surface area contributed by atoms with Crippen LogP contribution in [0.4, 0.5) is 9.59 Å². The zero-order valence-electron chi connectivity index (χ0n) is 45.7. The Morgan fingerprint density at radius 1 is 0.662 bits per heavy atom. The van der Waals surface area contributed by atoms with Crippen molar-refractivity contribution in [2.45, 2.75) is 171 Å². The van der Waals surface area contributed by atoms with Crippen molar-refractivity contribution < 1.29 is 33.8 Å². The van der Waals surface area contributed by atoms with Gasteiger partial charge in [-0.05, 0) is 185 Å². The molecule has 2 unspecified atom stereocenters. The Morgan fingerprint density at radius 3 is 1.55 bits per heavy atom. The average Bonchev–Trinajstić information content (AvgIpc) is 3.85. The van der Waals surface area contributed by atoms with Crippen molar-refractivity contribution in [2.24, 2.45) is 35.5 Å². The summed E-state index contributed by atoms with van der Waals surface area (Å²) in [6, 6.07) is 13.9. The van der Waals surface area contributed by atoms with Crippen molar-refractivity contribution >= 4 is 45.9 Å². The van der Waals surface area contributed by atoms with Gasteiger partial charge in [0.05, 0.1) is 12.0 Å². The van der Waals surface area contributed by atoms with Crippen LogP contribution < -0.4 is 5.32 Å². The normalized spacial score (nSPS) is 22.4. The van der Waals surface area contributed by atoms with Crippen LogP contribution in [0, 0.1) is 49.4 Å². The van der Waals surface area contributed by atoms with Crippen molar-refractivity contribution in [1.82, 2.24) is 30.0 Å². The van der Waals surface area contributed by atoms with E-state index in [-0.39, 0.29) is 30.1 Å². The molecular formula is C58H88N6O7. The summed E-state index contributed by atoms with van der Waals surface area (Å²) in [6.45, 7) is 27.7. The van der Waals surface area contributed by atoms with E-state index < -0.39 is 17.2 Å². The number of aryl methyl sites for hydroxylation is 2. The van der Waals surface area contributed by atoms with Crippen LogP contribution in [0.15, 0.2) is 36.4 Å². The highest BCUT2D eigenvalue weighted by Gasteiger charge is 2.39. The van der Waals surface area contributed by atoms with Gasteiger partial charge in [-0.2, -0.15) is 0 Å². The molecule has 2 atom stereocenters. The summed E-state index contributed by atoms with van der Waals surface area (Å²) in [5, 5.41) is 15.3. The number of H-pyrrole nitrogens is 2. The number of carbonyl (C=O) groups is 4. The molecule has 2 fully saturated rings. The standard InChI is InChI=1S/C29H43N3O3.C15H20N2.C14H25NO4/c1-18(2)26-25-22(23-16-19(3)8-13-24(23)30-25)14-15-32(26)27(33)21-11-9-20(10-12-21)17-31(7)28(34)35-29(4,5)6;1-9(2)14-15-11(6-7-16-14)12-8-10(3)4-5-13(12)17-15;1-14(2,3)19-13(18)15(4)9-10-5-7-11(8-6-10)12(16)17/h8,13,16,18,20-21,26,30H,9-12,14-15,17H2,1-7H3;4-5,8-9,14,16-17H,6-7H2,1-3H3;10-11H,5-9H2,1-4H3,(H,16,17). The lowest BCUT2D eigenvalue weighted by Gasteiger charge is -2.41. The van der Waals surface area contributed by atoms with E-state index >= 15 is 0 Å². The fraction of sp³-hybridized carbons (Fsp3) is 0.655. The number of carboxylic acids is 1. The molecule has 0 saturated heterocycles. The predicted molar refractivity (Wildman–Crippen MR) is 285 cm³/mol. The van der Waals surface area contributed by atoms with E-state index in [4.69, 9.17) is 14.6 Å². The Hall–Kier alpha value is -5.04. The van der Waals surface area contributed by atoms with Gasteiger partial charge in [-0.3, -0.25) is 9.59 Å². The number of hydrogen-bond donors (Lipinski definition) is 4. The molecule has 0 bridgehead atoms. The van der Waals surface area contributed by atoms with Crippen LogP contribution >= 0.6 is 0 Å². The minimum Gasteiger partial charge on any atom is -0.481 e. The number of fused-ring (bicyclic) bond motifs is 6. The minimum absolute atomic E-state index is 0.0764. The number of benzene rings is 2. The fourth-order valence-electron chi connectivity index (χ4n) is 11.3. The number of nitrogens with one attached hydrogen (secondary N) is 3. The molecule has 8 rings (SSSR count). The molecule has 2 aromatic carbocycles. The van der Waals surface area contributed by atoms with Gasteiger partial charge in [0.25, 0.3) is 0 Å². The summed E-state index contributed by atoms with van der Waals surface area (Å²) >= 11 is 0. The summed E-state index contributed by atoms with van der Waals surface area (Å²) in [5.74, 6) is 1.25. The van der Waals surface area contributed by atoms with E-state index in [1.54, 1.807) is 16.8 Å². The van der Waals surface area contributed by atoms with Gasteiger partial charge in [0.15, 0.2) is 0 Å². The van der Waals surface area contributed by atoms with Crippen LogP contribution in [-0.2, 0) is 31.9 Å². The maximum atomic E-state index is 13.8. The first-order chi connectivity index (χ1) is 33.3. The Bertz CT molecular complexity index is 2460. The molecule has 392 valence electrons. The molecule has 13 nitrogen and oxygen atoms in total. The second kappa shape index (κ2) is 23.2. The number of hydrogen-bond acceptors (Lipinski definition) is 7. The predicted octanol–water partition coefficient (Wildman–Crippen LogP) is 12.3. The quantitative estimate of drug-likeness (QED) is 0.136. The molecule has 2 aliphatic heterocycles. The number of carboxylic acid groups (broad SMARTS) is 1. The number of aromatic nitrogens is 2. The highest BCUT2D eigenvalue weighted by molar-refractivity contribution is 5.88. The average molecular weight is 981 g/mol. The Kier molecular flexibility index (Phi) is 18.1. The second-order valence-electron chi connectivity index (χ2n) is 24.0. The zero-order chi connectivity index (χ0) is 52.1. The largest absolute Gasteiger partial charge is 0.481 e. The maximum absolute atomic E-state index is 13.8. The van der Waals surface area contributed by atoms with Gasteiger partial charge in [-0.1, -0.05) is 51.0 Å². The smallest absolute Gasteiger partial charge is 0.410 e. The van der Waals surface area contributed by atoms with Crippen molar-refractivity contribution in [3.63, 3.8) is 0 Å². The molecule has 4 aliphatic rings. The first-order valence-electron chi connectivity index (χ1n) is 26.7. The molecular weight excluding hydrogens is 893 g/mol. The minimum atomic E-state index is -0.695. The lowest BCUT2D eigenvalue weighted by Crippen LogP contribution is -2.46. The van der Waals surface area contributed by atoms with Crippen LogP contribution in [0.5, 0.6) is 0 Å². The van der Waals surface area contributed by atoms with E-state index in [0.29, 0.717) is 61.6 Å². The number of ether oxygens (including phenoxy) is 2. The Balaban J connectivity index is 0.000000192. The topological polar surface area (TPSA) is 160 Å². The highest BCUT2D eigenvalue weighted by atomic mass is 16.6. The summed E-state index contributed by atoms with van der Waals surface area (Å²) < 4.78 is 10.8. The van der Waals surface area contributed by atoms with Crippen molar-refractivity contribution in [2.75, 3.05) is 40.3 Å². The highest BCUT2D eigenvalue weighted by Crippen LogP contribution is 2.41. The van der Waals surface area contributed by atoms with Crippen molar-refractivity contribution in [3.05, 3.63) is 70.0 Å². The third kappa shape index (κ3) is 14.3. The molecule has 2 aliphatic carbocycles. The van der Waals surface area contributed by atoms with Gasteiger partial charge < -0.3 is 44.6 Å². The van der Waals surface area contributed by atoms with Crippen LogP contribution in [-0.4, -0.2) is 105 Å². The molecule has 13 heteroatoms. The van der Waals surface area contributed by atoms with E-state index in [0.717, 1.165) is 64.5 Å². The maximum Gasteiger partial charge on any atom is 0.410 e. The van der Waals surface area contributed by atoms with Crippen molar-refractivity contribution in [3.8, 4) is 0 Å². The lowest BCUT2D eigenvalue weighted by molar-refractivity contribution is -0.143. The number of aliphatic carboxylic acids is 1. The van der Waals surface area contributed by atoms with Gasteiger partial charge in [0.2, 0.25) is 5.91 Å². The van der Waals surface area contributed by atoms with Crippen molar-refractivity contribution in [1.29, 1.82) is 0 Å². The second-order valence-corrected chi connectivity index (χ2v) is 24.0. The number of rotatable bonds is 8. The SMILES string of the molecule is CN(CC1CCC(C(=O)O)CC1)C(=O)OC(C)(C)C.Cc1ccc2[nH]c3c(c2c1)CCN(C(=O)C1CCC(CN(C)C(=O)OC(C)(C)C)CC1)C3C(C)C.Cc1ccc2[nH]c3c(c2c1)CCNC3C(C)C. The molecule has 0 radical (unpaired) electrons. The molecule has 4 N–H and O–H groups in total. The van der Waals surface area contributed by atoms with Crippen LogP contribution in [0.25, 0.3) is 21.8 Å². The molecule has 71 heavy (non-hydrogen) atoms. The lowest BCUT2D eigenvalue weighted by atomic mass is 9.80. The number of nitrogens with zero attached hydrogens (tertiary/aromatic N) is 3. The van der Waals surface area contributed by atoms with Gasteiger partial charge in [-0.25, -0.2) is 9.59 Å². The molecule has 0 spiro atoms. The van der Waals surface area contributed by atoms with E-state index in [1.807, 2.05) is 48.6 Å². The first kappa shape index (κ1) is 55.3. The molecule has 2 aromatic heterocycles. The molecule has 3 amide bonds. The van der Waals surface area contributed by atoms with Crippen LogP contribution in [0.3, 0.4) is 0 Å². The monoisotopic (exact) mass is 981 g/mol. The summed E-state index contributed by atoms with van der Waals surface area (Å²) in [5.41, 5.74) is 9.67. The Morgan fingerprint density at radius 2 is 1.11 bits per heavy atom. The summed E-state index contributed by atoms with van der Waals surface area (Å²) in [4.78, 5) is 61.5. The Labute approximate surface area is 424 Å². The van der Waals surface area contributed by atoms with E-state index in [9.17, 15) is 19.2 Å². The zero-order valence-corrected chi connectivity index (χ0v) is 45.7. The van der Waals surface area contributed by atoms with Crippen LogP contribution in [0.2, 0.25) is 0 Å². The number of aromatic amines is 2. The van der Waals surface area contributed by atoms with Gasteiger partial charge >= 0.3 is 18.2 Å². The summed E-state index contributed by atoms with van der Waals surface area (Å²) in [6.07, 6.45) is 8.35. The van der Waals surface area contributed by atoms with E-state index in [1.165, 1.54) is 55.4 Å².